The van der Waals surface area contributed by atoms with E-state index in [0.29, 0.717) is 17.1 Å². The van der Waals surface area contributed by atoms with Gasteiger partial charge in [-0.2, -0.15) is 0 Å². The highest BCUT2D eigenvalue weighted by Gasteiger charge is 2.36. The van der Waals surface area contributed by atoms with Gasteiger partial charge in [-0.05, 0) is 49.2 Å². The van der Waals surface area contributed by atoms with Gasteiger partial charge in [0.25, 0.3) is 11.8 Å². The molecule has 150 valence electrons. The van der Waals surface area contributed by atoms with Gasteiger partial charge in [0.1, 0.15) is 5.57 Å². The lowest BCUT2D eigenvalue weighted by atomic mass is 10.1. The molecule has 1 N–H and O–H groups in total. The number of benzene rings is 1. The molecule has 1 aliphatic rings. The number of nitrogens with zero attached hydrogens (tertiary/aromatic N) is 2. The van der Waals surface area contributed by atoms with Crippen LogP contribution in [0.4, 0.5) is 10.5 Å². The molecular formula is C21H21N3O5. The summed E-state index contributed by atoms with van der Waals surface area (Å²) in [5.74, 6) is -0.455. The molecule has 1 aromatic heterocycles. The van der Waals surface area contributed by atoms with Crippen molar-refractivity contribution < 1.29 is 23.9 Å². The van der Waals surface area contributed by atoms with Crippen LogP contribution in [0.3, 0.4) is 0 Å². The summed E-state index contributed by atoms with van der Waals surface area (Å²) in [7, 11) is 1.51. The minimum Gasteiger partial charge on any atom is -0.493 e. The summed E-state index contributed by atoms with van der Waals surface area (Å²) in [6, 6.07) is 7.42. The second-order valence-electron chi connectivity index (χ2n) is 6.42. The van der Waals surface area contributed by atoms with Crippen LogP contribution in [0, 0.1) is 0 Å². The summed E-state index contributed by atoms with van der Waals surface area (Å²) in [6.45, 7) is 3.96. The van der Waals surface area contributed by atoms with Gasteiger partial charge in [-0.3, -0.25) is 19.9 Å². The quantitative estimate of drug-likeness (QED) is 0.597. The number of ether oxygens (including phenoxy) is 2. The van der Waals surface area contributed by atoms with E-state index in [1.165, 1.54) is 25.6 Å². The fourth-order valence-corrected chi connectivity index (χ4v) is 2.72. The average molecular weight is 395 g/mol. The fraction of sp³-hybridized carbons (Fsp3) is 0.238. The number of urea groups is 1. The summed E-state index contributed by atoms with van der Waals surface area (Å²) < 4.78 is 11.2. The zero-order valence-electron chi connectivity index (χ0n) is 16.3. The van der Waals surface area contributed by atoms with Gasteiger partial charge in [-0.1, -0.05) is 13.0 Å². The normalized spacial score (nSPS) is 16.6. The van der Waals surface area contributed by atoms with Gasteiger partial charge >= 0.3 is 6.03 Å². The van der Waals surface area contributed by atoms with Crippen LogP contribution in [0.25, 0.3) is 6.08 Å². The Balaban J connectivity index is 1.95. The predicted octanol–water partition coefficient (Wildman–Crippen LogP) is 2.93. The Morgan fingerprint density at radius 1 is 1.21 bits per heavy atom. The monoisotopic (exact) mass is 395 g/mol. The van der Waals surface area contributed by atoms with Crippen LogP contribution < -0.4 is 19.7 Å². The third-order valence-corrected chi connectivity index (χ3v) is 4.41. The number of hydrogen-bond donors (Lipinski definition) is 1. The molecule has 1 fully saturated rings. The molecule has 1 aromatic carbocycles. The number of methoxy groups -OCH3 is 1. The van der Waals surface area contributed by atoms with Crippen LogP contribution in [0.5, 0.6) is 11.5 Å². The summed E-state index contributed by atoms with van der Waals surface area (Å²) >= 11 is 0. The van der Waals surface area contributed by atoms with Crippen molar-refractivity contribution in [2.24, 2.45) is 0 Å². The molecule has 29 heavy (non-hydrogen) atoms. The number of imide groups is 2. The lowest BCUT2D eigenvalue weighted by Gasteiger charge is -2.26. The zero-order chi connectivity index (χ0) is 21.0. The van der Waals surface area contributed by atoms with E-state index in [1.807, 2.05) is 13.8 Å². The molecule has 3 rings (SSSR count). The van der Waals surface area contributed by atoms with Crippen molar-refractivity contribution in [3.63, 3.8) is 0 Å². The maximum absolute atomic E-state index is 12.8. The van der Waals surface area contributed by atoms with E-state index in [1.54, 1.807) is 30.3 Å². The topological polar surface area (TPSA) is 97.8 Å². The van der Waals surface area contributed by atoms with Gasteiger partial charge in [0, 0.05) is 6.20 Å². The van der Waals surface area contributed by atoms with Crippen LogP contribution in [-0.2, 0) is 9.59 Å². The van der Waals surface area contributed by atoms with Crippen LogP contribution in [0.2, 0.25) is 0 Å². The largest absolute Gasteiger partial charge is 0.493 e. The van der Waals surface area contributed by atoms with Crippen LogP contribution in [-0.4, -0.2) is 36.0 Å². The molecule has 1 aliphatic heterocycles. The molecule has 2 aromatic rings. The van der Waals surface area contributed by atoms with Crippen molar-refractivity contribution in [2.75, 3.05) is 12.0 Å². The predicted molar refractivity (Wildman–Crippen MR) is 107 cm³/mol. The number of carbonyl (C=O) groups is 3. The first kappa shape index (κ1) is 20.1. The van der Waals surface area contributed by atoms with E-state index in [2.05, 4.69) is 10.3 Å². The van der Waals surface area contributed by atoms with Gasteiger partial charge in [-0.15, -0.1) is 0 Å². The summed E-state index contributed by atoms with van der Waals surface area (Å²) in [5, 5.41) is 2.18. The number of pyridine rings is 1. The van der Waals surface area contributed by atoms with E-state index < -0.39 is 17.8 Å². The van der Waals surface area contributed by atoms with Crippen LogP contribution in [0.15, 0.2) is 48.3 Å². The van der Waals surface area contributed by atoms with Crippen molar-refractivity contribution in [1.29, 1.82) is 0 Å². The Bertz CT molecular complexity index is 972. The first-order valence-electron chi connectivity index (χ1n) is 9.10. The smallest absolute Gasteiger partial charge is 0.336 e. The highest BCUT2D eigenvalue weighted by molar-refractivity contribution is 6.39. The van der Waals surface area contributed by atoms with Crippen LogP contribution >= 0.6 is 0 Å². The SMILES string of the molecule is CC[C@H](C)Oc1ccc(/C=C2\C(=O)NC(=O)N(c3cccnc3)C2=O)cc1OC. The van der Waals surface area contributed by atoms with Gasteiger partial charge in [-0.25, -0.2) is 9.69 Å². The number of hydrogen-bond acceptors (Lipinski definition) is 6. The third-order valence-electron chi connectivity index (χ3n) is 4.41. The highest BCUT2D eigenvalue weighted by atomic mass is 16.5. The van der Waals surface area contributed by atoms with E-state index in [9.17, 15) is 14.4 Å². The zero-order valence-corrected chi connectivity index (χ0v) is 16.3. The molecule has 8 nitrogen and oxygen atoms in total. The van der Waals surface area contributed by atoms with Crippen molar-refractivity contribution in [3.05, 3.63) is 53.9 Å². The molecule has 8 heteroatoms. The Hall–Kier alpha value is -3.68. The minimum absolute atomic E-state index is 0.0119. The van der Waals surface area contributed by atoms with Crippen LogP contribution in [0.1, 0.15) is 25.8 Å². The number of anilines is 1. The van der Waals surface area contributed by atoms with Crippen molar-refractivity contribution in [1.82, 2.24) is 10.3 Å². The first-order valence-corrected chi connectivity index (χ1v) is 9.10. The molecule has 1 saturated heterocycles. The van der Waals surface area contributed by atoms with Gasteiger partial charge in [0.15, 0.2) is 11.5 Å². The minimum atomic E-state index is -0.819. The van der Waals surface area contributed by atoms with E-state index in [0.717, 1.165) is 11.3 Å². The number of carbonyl (C=O) groups excluding carboxylic acids is 3. The summed E-state index contributed by atoms with van der Waals surface area (Å²) in [6.07, 6.45) is 5.14. The van der Waals surface area contributed by atoms with Gasteiger partial charge in [0.2, 0.25) is 0 Å². The third kappa shape index (κ3) is 4.26. The van der Waals surface area contributed by atoms with Gasteiger partial charge in [0.05, 0.1) is 25.1 Å². The highest BCUT2D eigenvalue weighted by Crippen LogP contribution is 2.30. The van der Waals surface area contributed by atoms with E-state index in [-0.39, 0.29) is 17.4 Å². The molecule has 0 bridgehead atoms. The Morgan fingerprint density at radius 2 is 2.00 bits per heavy atom. The Labute approximate surface area is 168 Å². The lowest BCUT2D eigenvalue weighted by Crippen LogP contribution is -2.54. The van der Waals surface area contributed by atoms with E-state index >= 15 is 0 Å². The molecular weight excluding hydrogens is 374 g/mol. The number of aromatic nitrogens is 1. The molecule has 0 spiro atoms. The molecule has 0 saturated carbocycles. The number of amides is 4. The molecule has 0 unspecified atom stereocenters. The number of rotatable bonds is 6. The Morgan fingerprint density at radius 3 is 2.66 bits per heavy atom. The average Bonchev–Trinajstić information content (AvgIpc) is 2.72. The number of barbiturate groups is 1. The maximum Gasteiger partial charge on any atom is 0.336 e. The number of nitrogens with one attached hydrogen (secondary N) is 1. The van der Waals surface area contributed by atoms with Crippen molar-refractivity contribution in [3.8, 4) is 11.5 Å². The maximum atomic E-state index is 12.8. The van der Waals surface area contributed by atoms with Crippen molar-refractivity contribution in [2.45, 2.75) is 26.4 Å². The van der Waals surface area contributed by atoms with Crippen molar-refractivity contribution >= 4 is 29.6 Å². The lowest BCUT2D eigenvalue weighted by molar-refractivity contribution is -0.122. The molecule has 2 heterocycles. The molecule has 4 amide bonds. The fourth-order valence-electron chi connectivity index (χ4n) is 2.72. The Kier molecular flexibility index (Phi) is 5.92. The van der Waals surface area contributed by atoms with E-state index in [4.69, 9.17) is 9.47 Å². The second kappa shape index (κ2) is 8.55. The van der Waals surface area contributed by atoms with Gasteiger partial charge < -0.3 is 9.47 Å². The first-order chi connectivity index (χ1) is 13.9. The second-order valence-corrected chi connectivity index (χ2v) is 6.42. The summed E-state index contributed by atoms with van der Waals surface area (Å²) in [5.41, 5.74) is 0.645. The molecule has 0 radical (unpaired) electrons. The standard InChI is InChI=1S/C21H21N3O5/c1-4-13(2)29-17-8-7-14(11-18(17)28-3)10-16-19(25)23-21(27)24(20(16)26)15-6-5-9-22-12-15/h5-13H,4H2,1-3H3,(H,23,25,27)/b16-10+/t13-/m0/s1. The summed E-state index contributed by atoms with van der Waals surface area (Å²) in [4.78, 5) is 42.1. The molecule has 0 aliphatic carbocycles. The molecule has 1 atom stereocenters.